The Morgan fingerprint density at radius 2 is 2.17 bits per heavy atom. The summed E-state index contributed by atoms with van der Waals surface area (Å²) in [5.74, 6) is -0.320. The fraction of sp³-hybridized carbons (Fsp3) is 0.400. The van der Waals surface area contributed by atoms with Crippen molar-refractivity contribution in [1.29, 1.82) is 0 Å². The lowest BCUT2D eigenvalue weighted by atomic mass is 10.2. The maximum Gasteiger partial charge on any atom is 0.123 e. The first-order valence-electron chi connectivity index (χ1n) is 4.04. The van der Waals surface area contributed by atoms with Gasteiger partial charge in [0, 0.05) is 0 Å². The van der Waals surface area contributed by atoms with E-state index in [0.717, 1.165) is 6.42 Å². The molecule has 0 radical (unpaired) electrons. The summed E-state index contributed by atoms with van der Waals surface area (Å²) in [6, 6.07) is 0. The van der Waals surface area contributed by atoms with E-state index in [-0.39, 0.29) is 12.4 Å². The first kappa shape index (κ1) is 11.1. The molecule has 1 nitrogen and oxygen atoms in total. The molecule has 0 amide bonds. The summed E-state index contributed by atoms with van der Waals surface area (Å²) in [6.45, 7) is 3.58. The van der Waals surface area contributed by atoms with E-state index in [0.29, 0.717) is 5.57 Å². The van der Waals surface area contributed by atoms with Gasteiger partial charge in [-0.15, -0.1) is 0 Å². The Kier molecular flexibility index (Phi) is 6.29. The van der Waals surface area contributed by atoms with Gasteiger partial charge in [0.15, 0.2) is 0 Å². The molecule has 0 aromatic rings. The Bertz CT molecular complexity index is 202. The Labute approximate surface area is 72.9 Å². The van der Waals surface area contributed by atoms with Crippen molar-refractivity contribution in [3.05, 3.63) is 35.7 Å². The summed E-state index contributed by atoms with van der Waals surface area (Å²) >= 11 is 0. The lowest BCUT2D eigenvalue weighted by Crippen LogP contribution is -1.85. The van der Waals surface area contributed by atoms with Crippen molar-refractivity contribution in [3.8, 4) is 0 Å². The average Bonchev–Trinajstić information content (AvgIpc) is 2.10. The number of halogens is 1. The Balaban J connectivity index is 4.23. The molecule has 0 bridgehead atoms. The molecule has 0 aromatic carbocycles. The Morgan fingerprint density at radius 1 is 1.50 bits per heavy atom. The number of aliphatic hydroxyl groups excluding tert-OH is 1. The van der Waals surface area contributed by atoms with E-state index >= 15 is 0 Å². The van der Waals surface area contributed by atoms with Crippen LogP contribution in [0.15, 0.2) is 35.7 Å². The van der Waals surface area contributed by atoms with Gasteiger partial charge in [0.25, 0.3) is 0 Å². The summed E-state index contributed by atoms with van der Waals surface area (Å²) in [6.07, 6.45) is 6.95. The minimum absolute atomic E-state index is 0.121. The lowest BCUT2D eigenvalue weighted by molar-refractivity contribution is 0.334. The zero-order chi connectivity index (χ0) is 9.40. The highest BCUT2D eigenvalue weighted by molar-refractivity contribution is 5.25. The van der Waals surface area contributed by atoms with Crippen LogP contribution in [0.5, 0.6) is 0 Å². The molecule has 0 aliphatic heterocycles. The smallest absolute Gasteiger partial charge is 0.123 e. The van der Waals surface area contributed by atoms with Crippen molar-refractivity contribution in [2.24, 2.45) is 0 Å². The minimum atomic E-state index is -0.320. The van der Waals surface area contributed by atoms with Crippen LogP contribution in [0.3, 0.4) is 0 Å². The van der Waals surface area contributed by atoms with Gasteiger partial charge >= 0.3 is 0 Å². The minimum Gasteiger partial charge on any atom is -0.392 e. The van der Waals surface area contributed by atoms with E-state index in [1.54, 1.807) is 19.1 Å². The van der Waals surface area contributed by atoms with Crippen LogP contribution in [0.2, 0.25) is 0 Å². The van der Waals surface area contributed by atoms with E-state index in [1.807, 2.05) is 6.92 Å². The SMILES string of the molecule is C\C=C(/C=C(F)\C=C\CC)CO. The van der Waals surface area contributed by atoms with E-state index in [1.165, 1.54) is 12.2 Å². The van der Waals surface area contributed by atoms with Crippen LogP contribution in [0.25, 0.3) is 0 Å². The highest BCUT2D eigenvalue weighted by atomic mass is 19.1. The molecule has 0 rings (SSSR count). The van der Waals surface area contributed by atoms with Crippen LogP contribution in [-0.4, -0.2) is 11.7 Å². The second-order valence-electron chi connectivity index (χ2n) is 2.36. The second-order valence-corrected chi connectivity index (χ2v) is 2.36. The van der Waals surface area contributed by atoms with Gasteiger partial charge in [-0.1, -0.05) is 19.1 Å². The molecule has 1 N–H and O–H groups in total. The van der Waals surface area contributed by atoms with Gasteiger partial charge < -0.3 is 5.11 Å². The molecule has 0 aliphatic rings. The zero-order valence-electron chi connectivity index (χ0n) is 7.55. The number of allylic oxidation sites excluding steroid dienone is 4. The van der Waals surface area contributed by atoms with Crippen molar-refractivity contribution < 1.29 is 9.50 Å². The van der Waals surface area contributed by atoms with Crippen LogP contribution in [0.4, 0.5) is 4.39 Å². The quantitative estimate of drug-likeness (QED) is 0.643. The summed E-state index contributed by atoms with van der Waals surface area (Å²) in [4.78, 5) is 0. The molecular weight excluding hydrogens is 155 g/mol. The average molecular weight is 170 g/mol. The van der Waals surface area contributed by atoms with E-state index in [9.17, 15) is 4.39 Å². The number of hydrogen-bond acceptors (Lipinski definition) is 1. The van der Waals surface area contributed by atoms with Crippen LogP contribution in [0.1, 0.15) is 20.3 Å². The van der Waals surface area contributed by atoms with Crippen LogP contribution in [-0.2, 0) is 0 Å². The van der Waals surface area contributed by atoms with Crippen molar-refractivity contribution in [2.75, 3.05) is 6.61 Å². The summed E-state index contributed by atoms with van der Waals surface area (Å²) in [5.41, 5.74) is 0.591. The van der Waals surface area contributed by atoms with Gasteiger partial charge in [-0.2, -0.15) is 0 Å². The van der Waals surface area contributed by atoms with Gasteiger partial charge in [-0.25, -0.2) is 4.39 Å². The van der Waals surface area contributed by atoms with Gasteiger partial charge in [-0.3, -0.25) is 0 Å². The van der Waals surface area contributed by atoms with Crippen LogP contribution in [0, 0.1) is 0 Å². The predicted octanol–water partition coefficient (Wildman–Crippen LogP) is 2.74. The van der Waals surface area contributed by atoms with Crippen molar-refractivity contribution in [2.45, 2.75) is 20.3 Å². The van der Waals surface area contributed by atoms with Gasteiger partial charge in [0.1, 0.15) is 5.83 Å². The van der Waals surface area contributed by atoms with E-state index in [2.05, 4.69) is 0 Å². The maximum absolute atomic E-state index is 12.8. The molecule has 0 atom stereocenters. The van der Waals surface area contributed by atoms with Crippen molar-refractivity contribution in [3.63, 3.8) is 0 Å². The monoisotopic (exact) mass is 170 g/mol. The molecule has 68 valence electrons. The van der Waals surface area contributed by atoms with Gasteiger partial charge in [-0.05, 0) is 31.1 Å². The highest BCUT2D eigenvalue weighted by Gasteiger charge is 1.91. The van der Waals surface area contributed by atoms with E-state index < -0.39 is 0 Å². The molecule has 0 aliphatic carbocycles. The Hall–Kier alpha value is -0.890. The molecule has 0 spiro atoms. The fourth-order valence-electron chi connectivity index (χ4n) is 0.676. The number of hydrogen-bond donors (Lipinski definition) is 1. The van der Waals surface area contributed by atoms with Crippen molar-refractivity contribution >= 4 is 0 Å². The first-order valence-corrected chi connectivity index (χ1v) is 4.04. The third-order valence-electron chi connectivity index (χ3n) is 1.39. The molecule has 12 heavy (non-hydrogen) atoms. The number of aliphatic hydroxyl groups is 1. The molecular formula is C10H15FO. The molecule has 0 unspecified atom stereocenters. The third-order valence-corrected chi connectivity index (χ3v) is 1.39. The summed E-state index contributed by atoms with van der Waals surface area (Å²) in [5, 5.41) is 8.70. The number of rotatable bonds is 4. The molecule has 0 aromatic heterocycles. The van der Waals surface area contributed by atoms with E-state index in [4.69, 9.17) is 5.11 Å². The molecule has 0 fully saturated rings. The Morgan fingerprint density at radius 3 is 2.58 bits per heavy atom. The summed E-state index contributed by atoms with van der Waals surface area (Å²) in [7, 11) is 0. The molecule has 0 saturated carbocycles. The maximum atomic E-state index is 12.8. The zero-order valence-corrected chi connectivity index (χ0v) is 7.55. The molecule has 0 saturated heterocycles. The fourth-order valence-corrected chi connectivity index (χ4v) is 0.676. The largest absolute Gasteiger partial charge is 0.392 e. The van der Waals surface area contributed by atoms with Crippen LogP contribution >= 0.6 is 0 Å². The highest BCUT2D eigenvalue weighted by Crippen LogP contribution is 2.05. The first-order chi connectivity index (χ1) is 5.74. The van der Waals surface area contributed by atoms with Gasteiger partial charge in [0.2, 0.25) is 0 Å². The normalized spacial score (nSPS) is 14.3. The molecule has 2 heteroatoms. The summed E-state index contributed by atoms with van der Waals surface area (Å²) < 4.78 is 12.8. The third kappa shape index (κ3) is 4.85. The topological polar surface area (TPSA) is 20.2 Å². The lowest BCUT2D eigenvalue weighted by Gasteiger charge is -1.93. The van der Waals surface area contributed by atoms with Crippen LogP contribution < -0.4 is 0 Å². The van der Waals surface area contributed by atoms with Gasteiger partial charge in [0.05, 0.1) is 6.61 Å². The van der Waals surface area contributed by atoms with Crippen molar-refractivity contribution in [1.82, 2.24) is 0 Å². The molecule has 0 heterocycles. The predicted molar refractivity (Wildman–Crippen MR) is 49.5 cm³/mol. The second kappa shape index (κ2) is 6.80. The standard InChI is InChI=1S/C10H15FO/c1-3-5-6-10(11)7-9(4-2)8-12/h4-7,12H,3,8H2,1-2H3/b6-5+,9-4+,10-7+.